The van der Waals surface area contributed by atoms with Crippen LogP contribution in [0.1, 0.15) is 0 Å². The van der Waals surface area contributed by atoms with Crippen molar-refractivity contribution in [2.24, 2.45) is 0 Å². The number of methoxy groups -OCH3 is 1. The molecule has 2 aromatic carbocycles. The Hall–Kier alpha value is -2.35. The number of ether oxygens (including phenoxy) is 1. The van der Waals surface area contributed by atoms with E-state index < -0.39 is 10.0 Å². The number of anilines is 1. The lowest BCUT2D eigenvalue weighted by molar-refractivity contribution is 0.392. The van der Waals surface area contributed by atoms with Crippen molar-refractivity contribution in [3.63, 3.8) is 0 Å². The molecule has 0 radical (unpaired) electrons. The molecule has 6 nitrogen and oxygen atoms in total. The van der Waals surface area contributed by atoms with Crippen molar-refractivity contribution in [2.75, 3.05) is 11.8 Å². The van der Waals surface area contributed by atoms with E-state index in [4.69, 9.17) is 27.9 Å². The minimum Gasteiger partial charge on any atom is -0.480 e. The molecule has 26 heavy (non-hydrogen) atoms. The Morgan fingerprint density at radius 1 is 0.923 bits per heavy atom. The second-order valence-electron chi connectivity index (χ2n) is 5.22. The molecule has 0 aliphatic carbocycles. The number of nitrogens with one attached hydrogen (secondary N) is 1. The van der Waals surface area contributed by atoms with Gasteiger partial charge in [-0.3, -0.25) is 4.72 Å². The molecule has 3 rings (SSSR count). The van der Waals surface area contributed by atoms with Crippen LogP contribution in [0, 0.1) is 0 Å². The first-order valence-electron chi connectivity index (χ1n) is 7.35. The molecule has 0 unspecified atom stereocenters. The first kappa shape index (κ1) is 18.4. The van der Waals surface area contributed by atoms with Crippen molar-refractivity contribution in [3.05, 3.63) is 64.6 Å². The minimum absolute atomic E-state index is 0.0250. The van der Waals surface area contributed by atoms with Gasteiger partial charge in [0.1, 0.15) is 0 Å². The van der Waals surface area contributed by atoms with Crippen LogP contribution < -0.4 is 9.46 Å². The zero-order chi connectivity index (χ0) is 18.7. The molecule has 3 aromatic rings. The molecule has 0 aliphatic heterocycles. The third-order valence-corrected chi connectivity index (χ3v) is 5.60. The summed E-state index contributed by atoms with van der Waals surface area (Å²) in [4.78, 5) is 0.0250. The van der Waals surface area contributed by atoms with Gasteiger partial charge in [0.25, 0.3) is 10.0 Å². The number of sulfonamides is 1. The molecule has 0 amide bonds. The maximum absolute atomic E-state index is 12.4. The average Bonchev–Trinajstić information content (AvgIpc) is 2.64. The fourth-order valence-electron chi connectivity index (χ4n) is 2.15. The lowest BCUT2D eigenvalue weighted by Crippen LogP contribution is -2.12. The van der Waals surface area contributed by atoms with Gasteiger partial charge in [0.05, 0.1) is 27.7 Å². The van der Waals surface area contributed by atoms with Crippen LogP contribution >= 0.6 is 23.2 Å². The lowest BCUT2D eigenvalue weighted by atomic mass is 10.1. The van der Waals surface area contributed by atoms with Crippen LogP contribution in [-0.2, 0) is 10.0 Å². The second kappa shape index (κ2) is 7.49. The van der Waals surface area contributed by atoms with Crippen LogP contribution in [0.25, 0.3) is 11.3 Å². The smallest absolute Gasteiger partial charge is 0.261 e. The third kappa shape index (κ3) is 4.07. The minimum atomic E-state index is -3.78. The van der Waals surface area contributed by atoms with Crippen molar-refractivity contribution in [2.45, 2.75) is 4.90 Å². The summed E-state index contributed by atoms with van der Waals surface area (Å²) in [6.45, 7) is 0. The van der Waals surface area contributed by atoms with Gasteiger partial charge in [-0.1, -0.05) is 35.3 Å². The van der Waals surface area contributed by atoms with Crippen molar-refractivity contribution in [3.8, 4) is 17.1 Å². The van der Waals surface area contributed by atoms with Gasteiger partial charge < -0.3 is 4.74 Å². The van der Waals surface area contributed by atoms with Crippen LogP contribution in [0.4, 0.5) is 5.69 Å². The van der Waals surface area contributed by atoms with Crippen molar-refractivity contribution in [1.82, 2.24) is 10.2 Å². The van der Waals surface area contributed by atoms with E-state index in [1.807, 2.05) is 0 Å². The number of benzene rings is 2. The number of hydrogen-bond donors (Lipinski definition) is 1. The summed E-state index contributed by atoms with van der Waals surface area (Å²) >= 11 is 11.7. The van der Waals surface area contributed by atoms with Crippen LogP contribution in [-0.4, -0.2) is 25.7 Å². The molecule has 9 heteroatoms. The maximum Gasteiger partial charge on any atom is 0.261 e. The quantitative estimate of drug-likeness (QED) is 0.680. The molecule has 1 N–H and O–H groups in total. The molecule has 0 atom stereocenters. The third-order valence-electron chi connectivity index (χ3n) is 3.48. The topological polar surface area (TPSA) is 81.2 Å². The van der Waals surface area contributed by atoms with E-state index in [1.165, 1.54) is 25.3 Å². The van der Waals surface area contributed by atoms with E-state index in [2.05, 4.69) is 14.9 Å². The van der Waals surface area contributed by atoms with E-state index in [0.717, 1.165) is 5.56 Å². The van der Waals surface area contributed by atoms with Gasteiger partial charge in [0, 0.05) is 17.3 Å². The van der Waals surface area contributed by atoms with Gasteiger partial charge in [-0.25, -0.2) is 8.42 Å². The van der Waals surface area contributed by atoms with Crippen LogP contribution in [0.3, 0.4) is 0 Å². The van der Waals surface area contributed by atoms with Gasteiger partial charge in [-0.2, -0.15) is 0 Å². The molecular formula is C17H13Cl2N3O3S. The SMILES string of the molecule is COc1ccc(-c2ccc(NS(=O)(=O)c3ccc(Cl)c(Cl)c3)cc2)nn1. The Kier molecular flexibility index (Phi) is 5.31. The zero-order valence-electron chi connectivity index (χ0n) is 13.5. The maximum atomic E-state index is 12.4. The normalized spacial score (nSPS) is 11.2. The Morgan fingerprint density at radius 3 is 2.23 bits per heavy atom. The summed E-state index contributed by atoms with van der Waals surface area (Å²) in [5.74, 6) is 0.416. The molecule has 0 spiro atoms. The monoisotopic (exact) mass is 409 g/mol. The van der Waals surface area contributed by atoms with Crippen molar-refractivity contribution < 1.29 is 13.2 Å². The largest absolute Gasteiger partial charge is 0.480 e. The van der Waals surface area contributed by atoms with E-state index in [0.29, 0.717) is 17.3 Å². The highest BCUT2D eigenvalue weighted by Gasteiger charge is 2.15. The van der Waals surface area contributed by atoms with E-state index >= 15 is 0 Å². The molecular weight excluding hydrogens is 397 g/mol. The summed E-state index contributed by atoms with van der Waals surface area (Å²) in [7, 11) is -2.26. The first-order valence-corrected chi connectivity index (χ1v) is 9.59. The van der Waals surface area contributed by atoms with Gasteiger partial charge in [-0.05, 0) is 36.4 Å². The summed E-state index contributed by atoms with van der Waals surface area (Å²) in [5, 5.41) is 8.41. The van der Waals surface area contributed by atoms with Crippen LogP contribution in [0.5, 0.6) is 5.88 Å². The average molecular weight is 410 g/mol. The number of nitrogens with zero attached hydrogens (tertiary/aromatic N) is 2. The van der Waals surface area contributed by atoms with Gasteiger partial charge in [0.15, 0.2) is 0 Å². The highest BCUT2D eigenvalue weighted by Crippen LogP contribution is 2.26. The van der Waals surface area contributed by atoms with E-state index in [9.17, 15) is 8.42 Å². The van der Waals surface area contributed by atoms with E-state index in [1.54, 1.807) is 36.4 Å². The second-order valence-corrected chi connectivity index (χ2v) is 7.72. The predicted molar refractivity (Wildman–Crippen MR) is 101 cm³/mol. The molecule has 0 saturated carbocycles. The first-order chi connectivity index (χ1) is 12.4. The summed E-state index contributed by atoms with van der Waals surface area (Å²) in [6.07, 6.45) is 0. The molecule has 0 fully saturated rings. The lowest BCUT2D eigenvalue weighted by Gasteiger charge is -2.09. The van der Waals surface area contributed by atoms with Crippen LogP contribution in [0.15, 0.2) is 59.5 Å². The number of halogens is 2. The standard InChI is InChI=1S/C17H13Cl2N3O3S/c1-25-17-9-8-16(20-21-17)11-2-4-12(5-3-11)22-26(23,24)13-6-7-14(18)15(19)10-13/h2-10,22H,1H3. The summed E-state index contributed by atoms with van der Waals surface area (Å²) in [6, 6.07) is 14.3. The Balaban J connectivity index is 1.80. The summed E-state index contributed by atoms with van der Waals surface area (Å²) in [5.41, 5.74) is 1.84. The molecule has 1 aromatic heterocycles. The van der Waals surface area contributed by atoms with E-state index in [-0.39, 0.29) is 14.9 Å². The molecule has 1 heterocycles. The molecule has 0 aliphatic rings. The molecule has 0 bridgehead atoms. The molecule has 134 valence electrons. The van der Waals surface area contributed by atoms with Gasteiger partial charge in [0.2, 0.25) is 5.88 Å². The number of hydrogen-bond acceptors (Lipinski definition) is 5. The zero-order valence-corrected chi connectivity index (χ0v) is 15.8. The van der Waals surface area contributed by atoms with Gasteiger partial charge >= 0.3 is 0 Å². The highest BCUT2D eigenvalue weighted by molar-refractivity contribution is 7.92. The Labute approximate surface area is 160 Å². The Bertz CT molecular complexity index is 1020. The fraction of sp³-hybridized carbons (Fsp3) is 0.0588. The number of aromatic nitrogens is 2. The van der Waals surface area contributed by atoms with Crippen molar-refractivity contribution in [1.29, 1.82) is 0 Å². The summed E-state index contributed by atoms with van der Waals surface area (Å²) < 4.78 is 32.3. The highest BCUT2D eigenvalue weighted by atomic mass is 35.5. The van der Waals surface area contributed by atoms with Gasteiger partial charge in [-0.15, -0.1) is 10.2 Å². The molecule has 0 saturated heterocycles. The predicted octanol–water partition coefficient (Wildman–Crippen LogP) is 4.26. The fourth-order valence-corrected chi connectivity index (χ4v) is 3.60. The van der Waals surface area contributed by atoms with Crippen LogP contribution in [0.2, 0.25) is 10.0 Å². The number of rotatable bonds is 5. The Morgan fingerprint density at radius 2 is 1.65 bits per heavy atom. The van der Waals surface area contributed by atoms with Crippen molar-refractivity contribution >= 4 is 38.9 Å².